The van der Waals surface area contributed by atoms with Gasteiger partial charge in [-0.25, -0.2) is 14.8 Å². The quantitative estimate of drug-likeness (QED) is 0.0102. The summed E-state index contributed by atoms with van der Waals surface area (Å²) in [5.74, 6) is -5.34. The Morgan fingerprint density at radius 1 is 0.371 bits per heavy atom. The number of rotatable bonds is 30. The number of hydrogen-bond acceptors (Lipinski definition) is 16. The third-order valence-corrected chi connectivity index (χ3v) is 22.7. The van der Waals surface area contributed by atoms with E-state index < -0.39 is 69.9 Å². The van der Waals surface area contributed by atoms with Gasteiger partial charge in [-0.05, 0) is 161 Å². The van der Waals surface area contributed by atoms with Gasteiger partial charge in [-0.2, -0.15) is 0 Å². The van der Waals surface area contributed by atoms with Crippen LogP contribution in [-0.2, 0) is 32.0 Å². The molecular formula is C102H94Cl2N6O14. The molecule has 22 heteroatoms. The number of anilines is 2. The Morgan fingerprint density at radius 2 is 0.661 bits per heavy atom. The number of esters is 2. The number of ether oxygens (including phenoxy) is 6. The van der Waals surface area contributed by atoms with E-state index in [1.165, 1.54) is 53.4 Å². The Hall–Kier alpha value is -13.3. The molecule has 4 heterocycles. The van der Waals surface area contributed by atoms with Crippen molar-refractivity contribution in [3.8, 4) is 57.5 Å². The lowest BCUT2D eigenvalue weighted by Gasteiger charge is -2.38. The molecule has 3 unspecified atom stereocenters. The molecule has 2 aliphatic heterocycles. The molecule has 3 atom stereocenters. The molecule has 2 aliphatic rings. The van der Waals surface area contributed by atoms with E-state index in [0.717, 1.165) is 32.1 Å². The average Bonchev–Trinajstić information content (AvgIpc) is 0.669. The molecule has 630 valence electrons. The fraction of sp³-hybridized carbons (Fsp3) is 0.255. The minimum absolute atomic E-state index is 0.00179. The van der Waals surface area contributed by atoms with Gasteiger partial charge < -0.3 is 28.4 Å². The monoisotopic (exact) mass is 1700 g/mol. The summed E-state index contributed by atoms with van der Waals surface area (Å²) in [6.45, 7) is 29.2. The van der Waals surface area contributed by atoms with Crippen LogP contribution in [0.3, 0.4) is 0 Å². The van der Waals surface area contributed by atoms with E-state index in [1.807, 2.05) is 137 Å². The molecular weight excluding hydrogens is 1600 g/mol. The predicted molar refractivity (Wildman–Crippen MR) is 483 cm³/mol. The van der Waals surface area contributed by atoms with E-state index in [-0.39, 0.29) is 173 Å². The third-order valence-electron chi connectivity index (χ3n) is 22.4. The van der Waals surface area contributed by atoms with Crippen molar-refractivity contribution in [3.63, 3.8) is 0 Å². The lowest BCUT2D eigenvalue weighted by atomic mass is 9.80. The zero-order valence-corrected chi connectivity index (χ0v) is 72.7. The highest BCUT2D eigenvalue weighted by Crippen LogP contribution is 2.59. The van der Waals surface area contributed by atoms with Gasteiger partial charge in [0.25, 0.3) is 35.4 Å². The van der Waals surface area contributed by atoms with Gasteiger partial charge >= 0.3 is 11.9 Å². The lowest BCUT2D eigenvalue weighted by molar-refractivity contribution is -0.133. The highest BCUT2D eigenvalue weighted by atomic mass is 35.5. The highest BCUT2D eigenvalue weighted by molar-refractivity contribution is 6.45. The van der Waals surface area contributed by atoms with Gasteiger partial charge in [-0.1, -0.05) is 210 Å². The molecule has 0 bridgehead atoms. The first-order valence-corrected chi connectivity index (χ1v) is 42.5. The molecule has 0 radical (unpaired) electrons. The Labute approximate surface area is 729 Å². The number of amides is 6. The molecule has 13 aromatic rings. The molecule has 2 aromatic heterocycles. The summed E-state index contributed by atoms with van der Waals surface area (Å²) in [5, 5.41) is 0.151. The van der Waals surface area contributed by atoms with E-state index in [9.17, 15) is 9.59 Å². The zero-order valence-electron chi connectivity index (χ0n) is 71.2. The van der Waals surface area contributed by atoms with Crippen molar-refractivity contribution in [2.45, 2.75) is 144 Å². The summed E-state index contributed by atoms with van der Waals surface area (Å²) >= 11 is 12.2. The molecule has 0 N–H and O–H groups in total. The number of halogens is 2. The molecule has 124 heavy (non-hydrogen) atoms. The molecule has 11 aromatic carbocycles. The van der Waals surface area contributed by atoms with E-state index in [0.29, 0.717) is 34.1 Å². The second-order valence-corrected chi connectivity index (χ2v) is 34.7. The molecule has 0 saturated carbocycles. The van der Waals surface area contributed by atoms with Crippen molar-refractivity contribution >= 4 is 125 Å². The van der Waals surface area contributed by atoms with Crippen LogP contribution in [0, 0.1) is 11.8 Å². The lowest BCUT2D eigenvalue weighted by Crippen LogP contribution is -2.56. The molecule has 0 saturated heterocycles. The van der Waals surface area contributed by atoms with Gasteiger partial charge in [-0.3, -0.25) is 53.2 Å². The SMILES string of the molecule is C=C(Cl)C(=O)Oc1ccnc(N(CC(C)C)C(=O)C(Cc2ccccc2)N2C(=O)c3cc(Oc4ccc(C(C)C)cc4)c4c5c(Oc6ccc(C(C)C)cc6)cc6c7c(cc(Oc8ccc(C(C)C)cc8)c(c8c(Oc9ccc(C(C)C)cc9)cc(c3c48)C2=O)c75)C(=O)N(C(Cc2ccccc2)C(=O)N(CC(C)C)c2cc(OC(=O)C(C)Cl)ccn2)C6=O)c1. The van der Waals surface area contributed by atoms with Gasteiger partial charge in [0, 0.05) is 93.5 Å². The number of carbonyl (C=O) groups is 8. The standard InChI is InChI=1S/C102H94Cl2N6O14/c1-55(2)53-107(85-47-73(41-43-105-85)123-101(117)61(13)103)99(115)79(45-63-21-17-15-18-22-63)109-95(111)75-49-81(119-69-33-25-65(26-34-69)57(5)6)89-91-83(121-71-37-29-67(30-38-71)59(9)10)51-77-88-78(98(114)110(97(77)113)80(46-64-23-19-16-20-24-64)100(116)108(54-56(3)4)86-48-74(42-44-106-86)124-102(118)62(14)104)52-84(122-72-39-31-68(32-40-72)60(11)12)92(94(88)91)90-82(50-76(96(109)112)87(75)93(89)90)120-70-35-27-66(28-36-70)58(7)8/h15-44,47-52,55-60,62,79-80H,13,45-46,53-54H2,1-12,14H3. The smallest absolute Gasteiger partial charge is 0.354 e. The third kappa shape index (κ3) is 17.2. The minimum atomic E-state index is -1.63. The number of hydrogen-bond donors (Lipinski definition) is 0. The number of nitrogens with zero attached hydrogens (tertiary/aromatic N) is 6. The average molecular weight is 1700 g/mol. The Balaban J connectivity index is 1.07. The van der Waals surface area contributed by atoms with Crippen LogP contribution in [0.5, 0.6) is 57.5 Å². The Kier molecular flexibility index (Phi) is 24.6. The molecule has 6 amide bonds. The normalized spacial score (nSPS) is 13.5. The first-order chi connectivity index (χ1) is 59.4. The van der Waals surface area contributed by atoms with Crippen LogP contribution in [0.2, 0.25) is 0 Å². The summed E-state index contributed by atoms with van der Waals surface area (Å²) < 4.78 is 41.1. The second-order valence-electron chi connectivity index (χ2n) is 33.6. The van der Waals surface area contributed by atoms with E-state index in [2.05, 4.69) is 71.9 Å². The predicted octanol–water partition coefficient (Wildman–Crippen LogP) is 23.2. The van der Waals surface area contributed by atoms with Crippen LogP contribution >= 0.6 is 23.2 Å². The zero-order chi connectivity index (χ0) is 88.0. The number of pyridine rings is 2. The molecule has 15 rings (SSSR count). The molecule has 0 spiro atoms. The van der Waals surface area contributed by atoms with Crippen molar-refractivity contribution in [1.82, 2.24) is 19.8 Å². The summed E-state index contributed by atoms with van der Waals surface area (Å²) in [4.78, 5) is 142. The second kappa shape index (κ2) is 35.6. The molecule has 0 fully saturated rings. The first-order valence-electron chi connectivity index (χ1n) is 41.7. The summed E-state index contributed by atoms with van der Waals surface area (Å²) in [6, 6.07) is 56.8. The highest BCUT2D eigenvalue weighted by Gasteiger charge is 2.48. The summed E-state index contributed by atoms with van der Waals surface area (Å²) in [7, 11) is 0. The van der Waals surface area contributed by atoms with E-state index in [4.69, 9.17) is 51.6 Å². The maximum absolute atomic E-state index is 17.2. The Bertz CT molecular complexity index is 5920. The number of imide groups is 2. The van der Waals surface area contributed by atoms with Crippen LogP contribution in [0.4, 0.5) is 11.6 Å². The number of benzene rings is 11. The number of alkyl halides is 1. The van der Waals surface area contributed by atoms with Crippen molar-refractivity contribution in [2.75, 3.05) is 22.9 Å². The number of aromatic nitrogens is 2. The molecule has 20 nitrogen and oxygen atoms in total. The van der Waals surface area contributed by atoms with Crippen LogP contribution in [0.25, 0.3) is 43.1 Å². The summed E-state index contributed by atoms with van der Waals surface area (Å²) in [5.41, 5.74) is 4.83. The summed E-state index contributed by atoms with van der Waals surface area (Å²) in [6.07, 6.45) is 2.35. The maximum Gasteiger partial charge on any atom is 0.354 e. The Morgan fingerprint density at radius 3 is 0.927 bits per heavy atom. The van der Waals surface area contributed by atoms with Gasteiger partial charge in [-0.15, -0.1) is 11.6 Å². The number of fused-ring (bicyclic) bond motifs is 2. The fourth-order valence-electron chi connectivity index (χ4n) is 16.1. The van der Waals surface area contributed by atoms with Crippen LogP contribution in [0.1, 0.15) is 188 Å². The fourth-order valence-corrected chi connectivity index (χ4v) is 16.2. The van der Waals surface area contributed by atoms with Crippen LogP contribution in [0.15, 0.2) is 230 Å². The number of carbonyl (C=O) groups excluding carboxylic acids is 8. The minimum Gasteiger partial charge on any atom is -0.457 e. The van der Waals surface area contributed by atoms with Gasteiger partial charge in [0.2, 0.25) is 0 Å². The van der Waals surface area contributed by atoms with E-state index in [1.54, 1.807) is 72.8 Å². The maximum atomic E-state index is 17.2. The molecule has 0 aliphatic carbocycles. The van der Waals surface area contributed by atoms with E-state index >= 15 is 28.8 Å². The van der Waals surface area contributed by atoms with Gasteiger partial charge in [0.15, 0.2) is 0 Å². The van der Waals surface area contributed by atoms with Crippen LogP contribution < -0.4 is 38.2 Å². The van der Waals surface area contributed by atoms with Crippen molar-refractivity contribution in [2.24, 2.45) is 11.8 Å². The van der Waals surface area contributed by atoms with Gasteiger partial charge in [0.05, 0.1) is 22.3 Å². The van der Waals surface area contributed by atoms with Crippen LogP contribution in [-0.4, -0.2) is 97.7 Å². The van der Waals surface area contributed by atoms with Crippen molar-refractivity contribution in [1.29, 1.82) is 0 Å². The van der Waals surface area contributed by atoms with Crippen molar-refractivity contribution in [3.05, 3.63) is 286 Å². The van der Waals surface area contributed by atoms with Gasteiger partial charge in [0.1, 0.15) is 91.6 Å². The largest absolute Gasteiger partial charge is 0.457 e. The topological polar surface area (TPSA) is 231 Å². The first kappa shape index (κ1) is 85.7. The van der Waals surface area contributed by atoms with Crippen molar-refractivity contribution < 1.29 is 66.8 Å².